The molecule has 4 unspecified atom stereocenters. The highest BCUT2D eigenvalue weighted by molar-refractivity contribution is 5.87. The molecule has 0 spiro atoms. The summed E-state index contributed by atoms with van der Waals surface area (Å²) < 4.78 is 0. The molecule has 0 aromatic carbocycles. The Kier molecular flexibility index (Phi) is 4.34. The van der Waals surface area contributed by atoms with E-state index in [2.05, 4.69) is 40.7 Å². The van der Waals surface area contributed by atoms with Crippen molar-refractivity contribution in [2.45, 2.75) is 39.2 Å². The average molecular weight is 302 g/mol. The van der Waals surface area contributed by atoms with Crippen LogP contribution in [0.4, 0.5) is 5.82 Å². The maximum absolute atomic E-state index is 9.47. The van der Waals surface area contributed by atoms with Crippen molar-refractivity contribution in [2.75, 3.05) is 18.6 Å². The summed E-state index contributed by atoms with van der Waals surface area (Å²) in [5, 5.41) is 10.5. The van der Waals surface area contributed by atoms with Crippen molar-refractivity contribution in [1.29, 1.82) is 0 Å². The zero-order chi connectivity index (χ0) is 15.7. The smallest absolute Gasteiger partial charge is 0.142 e. The number of rotatable bonds is 4. The molecule has 0 radical (unpaired) electrons. The predicted molar refractivity (Wildman–Crippen MR) is 88.8 cm³/mol. The second-order valence-electron chi connectivity index (χ2n) is 6.83. The summed E-state index contributed by atoms with van der Waals surface area (Å²) in [6, 6.07) is 2.50. The van der Waals surface area contributed by atoms with Gasteiger partial charge in [-0.25, -0.2) is 9.97 Å². The van der Waals surface area contributed by atoms with Crippen LogP contribution in [0, 0.1) is 17.8 Å². The molecule has 2 N–H and O–H groups in total. The number of nitrogens with one attached hydrogen (secondary N) is 1. The van der Waals surface area contributed by atoms with Crippen LogP contribution >= 0.6 is 0 Å². The molecule has 22 heavy (non-hydrogen) atoms. The first-order valence-electron chi connectivity index (χ1n) is 8.23. The van der Waals surface area contributed by atoms with Crippen LogP contribution in [-0.2, 0) is 0 Å². The molecule has 120 valence electrons. The van der Waals surface area contributed by atoms with E-state index < -0.39 is 0 Å². The van der Waals surface area contributed by atoms with Crippen LogP contribution in [0.2, 0.25) is 0 Å². The summed E-state index contributed by atoms with van der Waals surface area (Å²) in [5.41, 5.74) is 0.889. The lowest BCUT2D eigenvalue weighted by atomic mass is 9.74. The van der Waals surface area contributed by atoms with Gasteiger partial charge in [-0.2, -0.15) is 0 Å². The largest absolute Gasteiger partial charge is 0.396 e. The lowest BCUT2D eigenvalue weighted by Crippen LogP contribution is -2.43. The molecule has 0 aliphatic heterocycles. The number of nitrogens with zero attached hydrogens (tertiary/aromatic N) is 3. The van der Waals surface area contributed by atoms with E-state index in [1.807, 2.05) is 12.3 Å². The topological polar surface area (TPSA) is 65.0 Å². The highest BCUT2D eigenvalue weighted by Gasteiger charge is 2.33. The molecular formula is C17H26N4O. The van der Waals surface area contributed by atoms with Crippen LogP contribution in [0.1, 0.15) is 33.1 Å². The van der Waals surface area contributed by atoms with E-state index in [0.717, 1.165) is 23.3 Å². The number of fused-ring (bicyclic) bond motifs is 1. The third-order valence-corrected chi connectivity index (χ3v) is 5.45. The van der Waals surface area contributed by atoms with Gasteiger partial charge in [0.1, 0.15) is 17.8 Å². The van der Waals surface area contributed by atoms with Gasteiger partial charge in [-0.1, -0.05) is 13.8 Å². The second kappa shape index (κ2) is 6.24. The predicted octanol–water partition coefficient (Wildman–Crippen LogP) is 2.83. The number of H-pyrrole nitrogens is 1. The molecule has 3 rings (SSSR count). The van der Waals surface area contributed by atoms with Gasteiger partial charge in [-0.05, 0) is 43.1 Å². The molecular weight excluding hydrogens is 276 g/mol. The Hall–Kier alpha value is -1.62. The Bertz CT molecular complexity index is 626. The van der Waals surface area contributed by atoms with Gasteiger partial charge >= 0.3 is 0 Å². The van der Waals surface area contributed by atoms with Crippen LogP contribution in [0.25, 0.3) is 11.0 Å². The number of hydrogen-bond acceptors (Lipinski definition) is 4. The zero-order valence-electron chi connectivity index (χ0n) is 13.7. The fourth-order valence-electron chi connectivity index (χ4n) is 3.83. The van der Waals surface area contributed by atoms with Gasteiger partial charge in [-0.3, -0.25) is 0 Å². The molecule has 0 amide bonds. The van der Waals surface area contributed by atoms with Crippen LogP contribution in [0.5, 0.6) is 0 Å². The third kappa shape index (κ3) is 2.70. The molecule has 1 aliphatic rings. The maximum atomic E-state index is 9.47. The number of aromatic nitrogens is 3. The molecule has 2 aromatic rings. The first-order valence-corrected chi connectivity index (χ1v) is 8.23. The quantitative estimate of drug-likeness (QED) is 0.911. The van der Waals surface area contributed by atoms with Crippen molar-refractivity contribution in [3.63, 3.8) is 0 Å². The van der Waals surface area contributed by atoms with Gasteiger partial charge in [0.05, 0.1) is 5.39 Å². The Labute approximate surface area is 131 Å². The molecule has 2 aromatic heterocycles. The van der Waals surface area contributed by atoms with Crippen LogP contribution in [0.3, 0.4) is 0 Å². The number of aliphatic hydroxyl groups is 1. The molecule has 5 heteroatoms. The van der Waals surface area contributed by atoms with Gasteiger partial charge in [0, 0.05) is 25.9 Å². The molecule has 0 saturated heterocycles. The highest BCUT2D eigenvalue weighted by atomic mass is 16.3. The Morgan fingerprint density at radius 3 is 3.00 bits per heavy atom. The van der Waals surface area contributed by atoms with Crippen molar-refractivity contribution < 1.29 is 5.11 Å². The van der Waals surface area contributed by atoms with Crippen molar-refractivity contribution in [3.05, 3.63) is 18.6 Å². The SMILES string of the molecule is CC(CO)C1CCC(C)C(N(C)c2ncnc3[nH]ccc23)C1. The Morgan fingerprint density at radius 1 is 1.41 bits per heavy atom. The van der Waals surface area contributed by atoms with E-state index in [9.17, 15) is 5.11 Å². The van der Waals surface area contributed by atoms with Crippen LogP contribution in [-0.4, -0.2) is 39.8 Å². The maximum Gasteiger partial charge on any atom is 0.142 e. The van der Waals surface area contributed by atoms with Crippen molar-refractivity contribution in [3.8, 4) is 0 Å². The van der Waals surface area contributed by atoms with Gasteiger partial charge in [0.25, 0.3) is 0 Å². The Balaban J connectivity index is 1.86. The molecule has 0 bridgehead atoms. The fraction of sp³-hybridized carbons (Fsp3) is 0.647. The summed E-state index contributed by atoms with van der Waals surface area (Å²) in [5.74, 6) is 2.61. The molecule has 5 nitrogen and oxygen atoms in total. The minimum atomic E-state index is 0.283. The van der Waals surface area contributed by atoms with E-state index in [1.165, 1.54) is 12.8 Å². The lowest BCUT2D eigenvalue weighted by molar-refractivity contribution is 0.134. The fourth-order valence-corrected chi connectivity index (χ4v) is 3.83. The average Bonchev–Trinajstić information content (AvgIpc) is 3.02. The minimum absolute atomic E-state index is 0.283. The highest BCUT2D eigenvalue weighted by Crippen LogP contribution is 2.37. The summed E-state index contributed by atoms with van der Waals surface area (Å²) in [6.45, 7) is 4.77. The molecule has 1 fully saturated rings. The van der Waals surface area contributed by atoms with Crippen molar-refractivity contribution >= 4 is 16.9 Å². The van der Waals surface area contributed by atoms with Crippen molar-refractivity contribution in [1.82, 2.24) is 15.0 Å². The third-order valence-electron chi connectivity index (χ3n) is 5.45. The van der Waals surface area contributed by atoms with Gasteiger partial charge in [0.2, 0.25) is 0 Å². The second-order valence-corrected chi connectivity index (χ2v) is 6.83. The zero-order valence-corrected chi connectivity index (χ0v) is 13.7. The number of aliphatic hydroxyl groups excluding tert-OH is 1. The minimum Gasteiger partial charge on any atom is -0.396 e. The van der Waals surface area contributed by atoms with Gasteiger partial charge in [0.15, 0.2) is 0 Å². The normalized spacial score (nSPS) is 27.0. The molecule has 1 aliphatic carbocycles. The van der Waals surface area contributed by atoms with E-state index in [0.29, 0.717) is 23.8 Å². The Morgan fingerprint density at radius 2 is 2.23 bits per heavy atom. The van der Waals surface area contributed by atoms with E-state index >= 15 is 0 Å². The number of anilines is 1. The van der Waals surface area contributed by atoms with E-state index in [1.54, 1.807) is 6.33 Å². The number of aromatic amines is 1. The molecule has 4 atom stereocenters. The number of hydrogen-bond donors (Lipinski definition) is 2. The van der Waals surface area contributed by atoms with E-state index in [-0.39, 0.29) is 6.61 Å². The van der Waals surface area contributed by atoms with E-state index in [4.69, 9.17) is 0 Å². The standard InChI is InChI=1S/C17H26N4O/c1-11-4-5-13(12(2)9-22)8-15(11)21(3)17-14-6-7-18-16(14)19-10-20-17/h6-7,10-13,15,22H,4-5,8-9H2,1-3H3,(H,18,19,20). The van der Waals surface area contributed by atoms with Crippen LogP contribution in [0.15, 0.2) is 18.6 Å². The van der Waals surface area contributed by atoms with Crippen molar-refractivity contribution in [2.24, 2.45) is 17.8 Å². The summed E-state index contributed by atoms with van der Waals surface area (Å²) in [4.78, 5) is 14.3. The monoisotopic (exact) mass is 302 g/mol. The van der Waals surface area contributed by atoms with Crippen LogP contribution < -0.4 is 4.90 Å². The summed E-state index contributed by atoms with van der Waals surface area (Å²) in [6.07, 6.45) is 7.10. The summed E-state index contributed by atoms with van der Waals surface area (Å²) >= 11 is 0. The lowest BCUT2D eigenvalue weighted by Gasteiger charge is -2.42. The van der Waals surface area contributed by atoms with Gasteiger partial charge < -0.3 is 15.0 Å². The summed E-state index contributed by atoms with van der Waals surface area (Å²) in [7, 11) is 2.14. The first-order chi connectivity index (χ1) is 10.6. The molecule has 1 saturated carbocycles. The van der Waals surface area contributed by atoms with Gasteiger partial charge in [-0.15, -0.1) is 0 Å². The molecule has 2 heterocycles. The first kappa shape index (κ1) is 15.3.